The molecular formula is C16H8Cl3F. The molecule has 3 aromatic rings. The van der Waals surface area contributed by atoms with Crippen LogP contribution in [0.4, 0.5) is 4.39 Å². The van der Waals surface area contributed by atoms with Crippen molar-refractivity contribution in [1.82, 2.24) is 0 Å². The van der Waals surface area contributed by atoms with Crippen molar-refractivity contribution >= 4 is 45.6 Å². The van der Waals surface area contributed by atoms with Crippen molar-refractivity contribution in [3.05, 3.63) is 69.4 Å². The first kappa shape index (κ1) is 13.7. The molecule has 0 radical (unpaired) electrons. The van der Waals surface area contributed by atoms with Gasteiger partial charge < -0.3 is 0 Å². The van der Waals surface area contributed by atoms with Crippen LogP contribution in [0.2, 0.25) is 15.1 Å². The summed E-state index contributed by atoms with van der Waals surface area (Å²) >= 11 is 18.6. The van der Waals surface area contributed by atoms with E-state index >= 15 is 0 Å². The first-order valence-corrected chi connectivity index (χ1v) is 7.04. The molecule has 0 atom stereocenters. The van der Waals surface area contributed by atoms with Gasteiger partial charge in [0, 0.05) is 10.9 Å². The zero-order chi connectivity index (χ0) is 14.3. The first-order valence-electron chi connectivity index (χ1n) is 5.90. The highest BCUT2D eigenvalue weighted by molar-refractivity contribution is 6.46. The zero-order valence-corrected chi connectivity index (χ0v) is 12.4. The molecule has 0 N–H and O–H groups in total. The molecule has 3 rings (SSSR count). The van der Waals surface area contributed by atoms with Gasteiger partial charge >= 0.3 is 0 Å². The fourth-order valence-electron chi connectivity index (χ4n) is 2.26. The highest BCUT2D eigenvalue weighted by Crippen LogP contribution is 2.41. The molecule has 0 spiro atoms. The Morgan fingerprint density at radius 1 is 0.700 bits per heavy atom. The molecule has 100 valence electrons. The fourth-order valence-corrected chi connectivity index (χ4v) is 3.00. The van der Waals surface area contributed by atoms with Crippen LogP contribution in [0, 0.1) is 5.82 Å². The van der Waals surface area contributed by atoms with Crippen LogP contribution in [0.15, 0.2) is 48.5 Å². The molecule has 0 amide bonds. The summed E-state index contributed by atoms with van der Waals surface area (Å²) in [5, 5.41) is 2.54. The van der Waals surface area contributed by atoms with E-state index in [-0.39, 0.29) is 5.82 Å². The van der Waals surface area contributed by atoms with Gasteiger partial charge in [0.05, 0.1) is 15.1 Å². The highest BCUT2D eigenvalue weighted by Gasteiger charge is 2.15. The van der Waals surface area contributed by atoms with Gasteiger partial charge in [-0.25, -0.2) is 4.39 Å². The predicted molar refractivity (Wildman–Crippen MR) is 84.4 cm³/mol. The lowest BCUT2D eigenvalue weighted by atomic mass is 9.98. The SMILES string of the molecule is Fc1cccc2c(-c3c(Cl)ccc(Cl)c3Cl)cccc12. The molecule has 3 aromatic carbocycles. The third kappa shape index (κ3) is 2.16. The van der Waals surface area contributed by atoms with Crippen LogP contribution in [-0.2, 0) is 0 Å². The van der Waals surface area contributed by atoms with E-state index in [1.807, 2.05) is 12.1 Å². The van der Waals surface area contributed by atoms with Gasteiger partial charge in [0.2, 0.25) is 0 Å². The standard InChI is InChI=1S/C16H8Cl3F/c17-12-7-8-13(18)16(19)15(12)11-5-1-4-10-9(11)3-2-6-14(10)20/h1-8H. The van der Waals surface area contributed by atoms with Crippen molar-refractivity contribution < 1.29 is 4.39 Å². The van der Waals surface area contributed by atoms with Gasteiger partial charge in [-0.05, 0) is 29.1 Å². The molecule has 0 fully saturated rings. The van der Waals surface area contributed by atoms with Crippen LogP contribution < -0.4 is 0 Å². The van der Waals surface area contributed by atoms with E-state index < -0.39 is 0 Å². The van der Waals surface area contributed by atoms with E-state index in [9.17, 15) is 4.39 Å². The first-order chi connectivity index (χ1) is 9.59. The van der Waals surface area contributed by atoms with Gasteiger partial charge in [-0.1, -0.05) is 65.1 Å². The molecule has 0 saturated heterocycles. The summed E-state index contributed by atoms with van der Waals surface area (Å²) in [5.41, 5.74) is 1.39. The topological polar surface area (TPSA) is 0 Å². The fraction of sp³-hybridized carbons (Fsp3) is 0. The third-order valence-electron chi connectivity index (χ3n) is 3.18. The van der Waals surface area contributed by atoms with Crippen LogP contribution in [0.1, 0.15) is 0 Å². The molecule has 0 heterocycles. The minimum atomic E-state index is -0.279. The smallest absolute Gasteiger partial charge is 0.131 e. The minimum Gasteiger partial charge on any atom is -0.206 e. The molecule has 0 saturated carbocycles. The van der Waals surface area contributed by atoms with E-state index in [1.54, 1.807) is 30.3 Å². The lowest BCUT2D eigenvalue weighted by Crippen LogP contribution is -1.87. The lowest BCUT2D eigenvalue weighted by molar-refractivity contribution is 0.640. The maximum Gasteiger partial charge on any atom is 0.131 e. The van der Waals surface area contributed by atoms with Crippen LogP contribution >= 0.6 is 34.8 Å². The predicted octanol–water partition coefficient (Wildman–Crippen LogP) is 6.61. The largest absolute Gasteiger partial charge is 0.206 e. The van der Waals surface area contributed by atoms with E-state index in [0.717, 1.165) is 10.9 Å². The number of fused-ring (bicyclic) bond motifs is 1. The van der Waals surface area contributed by atoms with E-state index in [2.05, 4.69) is 0 Å². The van der Waals surface area contributed by atoms with Crippen molar-refractivity contribution in [3.8, 4) is 11.1 Å². The van der Waals surface area contributed by atoms with Gasteiger partial charge in [0.1, 0.15) is 5.82 Å². The van der Waals surface area contributed by atoms with Gasteiger partial charge in [-0.3, -0.25) is 0 Å². The average molecular weight is 326 g/mol. The van der Waals surface area contributed by atoms with Crippen LogP contribution in [0.25, 0.3) is 21.9 Å². The Morgan fingerprint density at radius 2 is 1.35 bits per heavy atom. The second kappa shape index (κ2) is 5.25. The van der Waals surface area contributed by atoms with Gasteiger partial charge in [0.25, 0.3) is 0 Å². The number of rotatable bonds is 1. The monoisotopic (exact) mass is 324 g/mol. The quantitative estimate of drug-likeness (QED) is 0.442. The molecule has 4 heteroatoms. The Kier molecular flexibility index (Phi) is 3.59. The number of hydrogen-bond acceptors (Lipinski definition) is 0. The van der Waals surface area contributed by atoms with Crippen LogP contribution in [0.5, 0.6) is 0 Å². The normalized spacial score (nSPS) is 11.0. The summed E-state index contributed by atoms with van der Waals surface area (Å²) in [5.74, 6) is -0.279. The van der Waals surface area contributed by atoms with Crippen molar-refractivity contribution in [3.63, 3.8) is 0 Å². The Balaban J connectivity index is 2.42. The Labute approximate surface area is 130 Å². The van der Waals surface area contributed by atoms with Crippen molar-refractivity contribution in [2.45, 2.75) is 0 Å². The summed E-state index contributed by atoms with van der Waals surface area (Å²) in [6.07, 6.45) is 0. The van der Waals surface area contributed by atoms with Crippen LogP contribution in [0.3, 0.4) is 0 Å². The van der Waals surface area contributed by atoms with Gasteiger partial charge in [-0.2, -0.15) is 0 Å². The number of benzene rings is 3. The maximum atomic E-state index is 13.9. The number of hydrogen-bond donors (Lipinski definition) is 0. The van der Waals surface area contributed by atoms with Crippen molar-refractivity contribution in [1.29, 1.82) is 0 Å². The summed E-state index contributed by atoms with van der Waals surface area (Å²) in [6.45, 7) is 0. The Hall–Kier alpha value is -1.28. The molecule has 0 aromatic heterocycles. The molecule has 0 aliphatic carbocycles. The maximum absolute atomic E-state index is 13.9. The molecule has 20 heavy (non-hydrogen) atoms. The van der Waals surface area contributed by atoms with Crippen molar-refractivity contribution in [2.24, 2.45) is 0 Å². The third-order valence-corrected chi connectivity index (χ3v) is 4.30. The second-order valence-corrected chi connectivity index (χ2v) is 5.55. The summed E-state index contributed by atoms with van der Waals surface area (Å²) in [7, 11) is 0. The highest BCUT2D eigenvalue weighted by atomic mass is 35.5. The van der Waals surface area contributed by atoms with Crippen molar-refractivity contribution in [2.75, 3.05) is 0 Å². The Morgan fingerprint density at radius 3 is 2.15 bits per heavy atom. The molecule has 0 unspecified atom stereocenters. The van der Waals surface area contributed by atoms with E-state index in [4.69, 9.17) is 34.8 Å². The number of halogens is 4. The van der Waals surface area contributed by atoms with Gasteiger partial charge in [0.15, 0.2) is 0 Å². The summed E-state index contributed by atoms with van der Waals surface area (Å²) in [6, 6.07) is 13.6. The van der Waals surface area contributed by atoms with E-state index in [0.29, 0.717) is 26.0 Å². The molecule has 0 nitrogen and oxygen atoms in total. The second-order valence-electron chi connectivity index (χ2n) is 4.36. The summed E-state index contributed by atoms with van der Waals surface area (Å²) in [4.78, 5) is 0. The molecule has 0 aliphatic rings. The molecule has 0 bridgehead atoms. The van der Waals surface area contributed by atoms with Gasteiger partial charge in [-0.15, -0.1) is 0 Å². The molecular weight excluding hydrogens is 318 g/mol. The zero-order valence-electron chi connectivity index (χ0n) is 10.1. The summed E-state index contributed by atoms with van der Waals surface area (Å²) < 4.78 is 13.9. The van der Waals surface area contributed by atoms with Crippen LogP contribution in [-0.4, -0.2) is 0 Å². The lowest BCUT2D eigenvalue weighted by Gasteiger charge is -2.12. The van der Waals surface area contributed by atoms with E-state index in [1.165, 1.54) is 6.07 Å². The Bertz CT molecular complexity index is 812. The minimum absolute atomic E-state index is 0.279. The molecule has 0 aliphatic heterocycles. The average Bonchev–Trinajstić information content (AvgIpc) is 2.44.